The van der Waals surface area contributed by atoms with Crippen molar-refractivity contribution >= 4 is 23.1 Å². The van der Waals surface area contributed by atoms with Gasteiger partial charge in [-0.3, -0.25) is 0 Å². The maximum Gasteiger partial charge on any atom is 0.0670 e. The molecule has 1 aromatic heterocycles. The lowest BCUT2D eigenvalue weighted by Crippen LogP contribution is -2.19. The van der Waals surface area contributed by atoms with Crippen LogP contribution >= 0.6 is 23.1 Å². The molecule has 3 heteroatoms. The van der Waals surface area contributed by atoms with Gasteiger partial charge in [-0.1, -0.05) is 6.07 Å². The number of aliphatic hydroxyl groups is 1. The molecule has 1 saturated heterocycles. The van der Waals surface area contributed by atoms with Gasteiger partial charge >= 0.3 is 0 Å². The predicted octanol–water partition coefficient (Wildman–Crippen LogP) is 2.01. The van der Waals surface area contributed by atoms with E-state index in [2.05, 4.69) is 17.5 Å². The summed E-state index contributed by atoms with van der Waals surface area (Å²) in [6.07, 6.45) is 0.989. The minimum atomic E-state index is -0.0721. The van der Waals surface area contributed by atoms with Gasteiger partial charge in [-0.2, -0.15) is 11.8 Å². The van der Waals surface area contributed by atoms with E-state index in [-0.39, 0.29) is 6.10 Å². The average molecular weight is 200 g/mol. The SMILES string of the molecule is OC1CSCC1Cc1cccs1. The Hall–Kier alpha value is 0.01000. The first-order chi connectivity index (χ1) is 5.86. The number of rotatable bonds is 2. The van der Waals surface area contributed by atoms with Crippen LogP contribution in [0.4, 0.5) is 0 Å². The quantitative estimate of drug-likeness (QED) is 0.788. The Morgan fingerprint density at radius 3 is 3.00 bits per heavy atom. The first kappa shape index (κ1) is 8.60. The minimum absolute atomic E-state index is 0.0721. The highest BCUT2D eigenvalue weighted by Crippen LogP contribution is 2.28. The van der Waals surface area contributed by atoms with Crippen LogP contribution in [0.25, 0.3) is 0 Å². The van der Waals surface area contributed by atoms with Crippen molar-refractivity contribution in [1.82, 2.24) is 0 Å². The molecule has 12 heavy (non-hydrogen) atoms. The Morgan fingerprint density at radius 1 is 1.50 bits per heavy atom. The van der Waals surface area contributed by atoms with Gasteiger partial charge in [0.15, 0.2) is 0 Å². The summed E-state index contributed by atoms with van der Waals surface area (Å²) in [5.41, 5.74) is 0. The van der Waals surface area contributed by atoms with Crippen LogP contribution in [-0.2, 0) is 6.42 Å². The van der Waals surface area contributed by atoms with Crippen molar-refractivity contribution in [3.63, 3.8) is 0 Å². The van der Waals surface area contributed by atoms with Gasteiger partial charge in [-0.25, -0.2) is 0 Å². The van der Waals surface area contributed by atoms with Crippen molar-refractivity contribution in [2.24, 2.45) is 5.92 Å². The molecule has 2 heterocycles. The van der Waals surface area contributed by atoms with Crippen LogP contribution in [0, 0.1) is 5.92 Å². The maximum atomic E-state index is 9.57. The fourth-order valence-corrected chi connectivity index (χ4v) is 3.56. The van der Waals surface area contributed by atoms with Gasteiger partial charge in [0.25, 0.3) is 0 Å². The van der Waals surface area contributed by atoms with Crippen LogP contribution in [-0.4, -0.2) is 22.7 Å². The molecule has 0 radical (unpaired) electrons. The van der Waals surface area contributed by atoms with E-state index in [1.54, 1.807) is 11.3 Å². The van der Waals surface area contributed by atoms with Crippen LogP contribution in [0.1, 0.15) is 4.88 Å². The van der Waals surface area contributed by atoms with Crippen molar-refractivity contribution in [3.8, 4) is 0 Å². The molecule has 0 saturated carbocycles. The van der Waals surface area contributed by atoms with Gasteiger partial charge in [-0.05, 0) is 29.5 Å². The second-order valence-corrected chi connectivity index (χ2v) is 5.26. The zero-order valence-corrected chi connectivity index (χ0v) is 8.40. The fourth-order valence-electron chi connectivity index (χ4n) is 1.47. The van der Waals surface area contributed by atoms with Crippen molar-refractivity contribution < 1.29 is 5.11 Å². The van der Waals surface area contributed by atoms with E-state index in [9.17, 15) is 5.11 Å². The summed E-state index contributed by atoms with van der Waals surface area (Å²) in [6, 6.07) is 4.23. The Balaban J connectivity index is 1.95. The molecule has 1 aliphatic heterocycles. The van der Waals surface area contributed by atoms with E-state index >= 15 is 0 Å². The second kappa shape index (κ2) is 3.81. The molecular weight excluding hydrogens is 188 g/mol. The monoisotopic (exact) mass is 200 g/mol. The summed E-state index contributed by atoms with van der Waals surface area (Å²) in [7, 11) is 0. The summed E-state index contributed by atoms with van der Waals surface area (Å²) in [5.74, 6) is 2.54. The lowest BCUT2D eigenvalue weighted by molar-refractivity contribution is 0.150. The van der Waals surface area contributed by atoms with Crippen molar-refractivity contribution in [2.45, 2.75) is 12.5 Å². The van der Waals surface area contributed by atoms with Crippen molar-refractivity contribution in [3.05, 3.63) is 22.4 Å². The molecule has 0 spiro atoms. The third-order valence-corrected chi connectivity index (χ3v) is 4.35. The molecule has 1 aromatic rings. The molecule has 0 amide bonds. The second-order valence-electron chi connectivity index (χ2n) is 3.15. The highest BCUT2D eigenvalue weighted by Gasteiger charge is 2.25. The molecule has 1 aliphatic rings. The van der Waals surface area contributed by atoms with Gasteiger partial charge in [0.2, 0.25) is 0 Å². The number of thioether (sulfide) groups is 1. The smallest absolute Gasteiger partial charge is 0.0670 e. The molecule has 2 atom stereocenters. The highest BCUT2D eigenvalue weighted by molar-refractivity contribution is 7.99. The first-order valence-electron chi connectivity index (χ1n) is 4.14. The van der Waals surface area contributed by atoms with Gasteiger partial charge in [-0.15, -0.1) is 11.3 Å². The van der Waals surface area contributed by atoms with Crippen LogP contribution in [0.5, 0.6) is 0 Å². The normalized spacial score (nSPS) is 29.4. The lowest BCUT2D eigenvalue weighted by atomic mass is 10.0. The topological polar surface area (TPSA) is 20.2 Å². The molecular formula is C9H12OS2. The molecule has 0 bridgehead atoms. The highest BCUT2D eigenvalue weighted by atomic mass is 32.2. The first-order valence-corrected chi connectivity index (χ1v) is 6.18. The zero-order chi connectivity index (χ0) is 8.39. The van der Waals surface area contributed by atoms with Crippen LogP contribution in [0.15, 0.2) is 17.5 Å². The number of hydrogen-bond donors (Lipinski definition) is 1. The molecule has 1 fully saturated rings. The molecule has 0 aromatic carbocycles. The largest absolute Gasteiger partial charge is 0.392 e. The lowest BCUT2D eigenvalue weighted by Gasteiger charge is -2.11. The standard InChI is InChI=1S/C9H12OS2/c10-9-6-11-5-7(9)4-8-2-1-3-12-8/h1-3,7,9-10H,4-6H2. The Morgan fingerprint density at radius 2 is 2.42 bits per heavy atom. The molecule has 1 N–H and O–H groups in total. The van der Waals surface area contributed by atoms with Crippen LogP contribution in [0.2, 0.25) is 0 Å². The summed E-state index contributed by atoms with van der Waals surface area (Å²) in [6.45, 7) is 0. The van der Waals surface area contributed by atoms with E-state index in [1.165, 1.54) is 4.88 Å². The number of hydrogen-bond acceptors (Lipinski definition) is 3. The van der Waals surface area contributed by atoms with Gasteiger partial charge in [0.05, 0.1) is 6.10 Å². The van der Waals surface area contributed by atoms with Crippen molar-refractivity contribution in [2.75, 3.05) is 11.5 Å². The number of aliphatic hydroxyl groups excluding tert-OH is 1. The van der Waals surface area contributed by atoms with Crippen LogP contribution < -0.4 is 0 Å². The van der Waals surface area contributed by atoms with E-state index in [0.29, 0.717) is 5.92 Å². The van der Waals surface area contributed by atoms with Crippen LogP contribution in [0.3, 0.4) is 0 Å². The molecule has 2 rings (SSSR count). The predicted molar refractivity (Wildman–Crippen MR) is 54.8 cm³/mol. The summed E-state index contributed by atoms with van der Waals surface area (Å²) >= 11 is 3.66. The van der Waals surface area contributed by atoms with Gasteiger partial charge in [0, 0.05) is 10.6 Å². The van der Waals surface area contributed by atoms with Gasteiger partial charge < -0.3 is 5.11 Å². The number of thiophene rings is 1. The average Bonchev–Trinajstić information content (AvgIpc) is 2.65. The molecule has 1 nitrogen and oxygen atoms in total. The molecule has 0 aliphatic carbocycles. The summed E-state index contributed by atoms with van der Waals surface area (Å²) in [4.78, 5) is 1.40. The van der Waals surface area contributed by atoms with Crippen molar-refractivity contribution in [1.29, 1.82) is 0 Å². The third-order valence-electron chi connectivity index (χ3n) is 2.21. The summed E-state index contributed by atoms with van der Waals surface area (Å²) in [5, 5.41) is 11.7. The Labute approximate surface area is 80.8 Å². The third kappa shape index (κ3) is 1.84. The van der Waals surface area contributed by atoms with E-state index < -0.39 is 0 Å². The van der Waals surface area contributed by atoms with E-state index in [1.807, 2.05) is 11.8 Å². The van der Waals surface area contributed by atoms with Gasteiger partial charge in [0.1, 0.15) is 0 Å². The Bertz CT molecular complexity index is 233. The molecule has 2 unspecified atom stereocenters. The minimum Gasteiger partial charge on any atom is -0.392 e. The zero-order valence-electron chi connectivity index (χ0n) is 6.77. The van der Waals surface area contributed by atoms with E-state index in [0.717, 1.165) is 17.9 Å². The Kier molecular flexibility index (Phi) is 2.73. The van der Waals surface area contributed by atoms with E-state index in [4.69, 9.17) is 0 Å². The fraction of sp³-hybridized carbons (Fsp3) is 0.556. The summed E-state index contributed by atoms with van der Waals surface area (Å²) < 4.78 is 0. The maximum absolute atomic E-state index is 9.57. The molecule has 66 valence electrons.